The van der Waals surface area contributed by atoms with E-state index >= 15 is 0 Å². The van der Waals surface area contributed by atoms with Gasteiger partial charge in [0.2, 0.25) is 5.95 Å². The third-order valence-corrected chi connectivity index (χ3v) is 9.48. The summed E-state index contributed by atoms with van der Waals surface area (Å²) in [4.78, 5) is 15.1. The van der Waals surface area contributed by atoms with Gasteiger partial charge < -0.3 is 4.42 Å². The first-order chi connectivity index (χ1) is 24.8. The van der Waals surface area contributed by atoms with Crippen molar-refractivity contribution >= 4 is 43.7 Å². The number of hydrogen-bond acceptors (Lipinski definition) is 4. The molecule has 0 saturated heterocycles. The Hall–Kier alpha value is -6.85. The fourth-order valence-corrected chi connectivity index (χ4v) is 7.04. The Labute approximate surface area is 287 Å². The molecule has 7 aromatic carbocycles. The lowest BCUT2D eigenvalue weighted by molar-refractivity contribution is 0.669. The van der Waals surface area contributed by atoms with E-state index in [4.69, 9.17) is 19.4 Å². The second kappa shape index (κ2) is 11.4. The molecule has 5 nitrogen and oxygen atoms in total. The van der Waals surface area contributed by atoms with E-state index < -0.39 is 0 Å². The summed E-state index contributed by atoms with van der Waals surface area (Å²) in [5.74, 6) is 1.84. The Kier molecular flexibility index (Phi) is 6.42. The van der Waals surface area contributed by atoms with Crippen LogP contribution in [0, 0.1) is 0 Å². The lowest BCUT2D eigenvalue weighted by Crippen LogP contribution is -2.06. The van der Waals surface area contributed by atoms with Crippen molar-refractivity contribution in [2.24, 2.45) is 0 Å². The average molecular weight is 641 g/mol. The highest BCUT2D eigenvalue weighted by Gasteiger charge is 2.17. The summed E-state index contributed by atoms with van der Waals surface area (Å²) < 4.78 is 8.21. The van der Waals surface area contributed by atoms with E-state index in [-0.39, 0.29) is 0 Å². The number of nitrogens with zero attached hydrogens (tertiary/aromatic N) is 4. The normalized spacial score (nSPS) is 11.6. The van der Waals surface area contributed by atoms with Crippen LogP contribution in [-0.4, -0.2) is 19.5 Å². The molecular formula is C45H28N4O. The van der Waals surface area contributed by atoms with Crippen LogP contribution in [0.3, 0.4) is 0 Å². The Bertz CT molecular complexity index is 2810. The molecule has 10 rings (SSSR count). The van der Waals surface area contributed by atoms with Crippen LogP contribution in [0.15, 0.2) is 174 Å². The van der Waals surface area contributed by atoms with E-state index in [0.29, 0.717) is 17.6 Å². The van der Waals surface area contributed by atoms with Crippen molar-refractivity contribution < 1.29 is 4.42 Å². The van der Waals surface area contributed by atoms with Gasteiger partial charge in [-0.3, -0.25) is 4.57 Å². The first-order valence-electron chi connectivity index (χ1n) is 16.7. The second-order valence-corrected chi connectivity index (χ2v) is 12.5. The van der Waals surface area contributed by atoms with Gasteiger partial charge in [0.05, 0.1) is 11.0 Å². The zero-order valence-electron chi connectivity index (χ0n) is 26.9. The van der Waals surface area contributed by atoms with Crippen LogP contribution in [0.4, 0.5) is 0 Å². The van der Waals surface area contributed by atoms with E-state index in [0.717, 1.165) is 77.1 Å². The fraction of sp³-hybridized carbons (Fsp3) is 0. The molecule has 5 heteroatoms. The molecule has 234 valence electrons. The Morgan fingerprint density at radius 1 is 0.340 bits per heavy atom. The molecule has 0 fully saturated rings. The van der Waals surface area contributed by atoms with Crippen molar-refractivity contribution in [3.05, 3.63) is 170 Å². The van der Waals surface area contributed by atoms with Gasteiger partial charge in [0.15, 0.2) is 11.6 Å². The van der Waals surface area contributed by atoms with E-state index in [1.807, 2.05) is 42.5 Å². The molecule has 0 atom stereocenters. The number of rotatable bonds is 5. The maximum atomic E-state index is 6.07. The third-order valence-electron chi connectivity index (χ3n) is 9.48. The topological polar surface area (TPSA) is 56.7 Å². The number of para-hydroxylation sites is 3. The third kappa shape index (κ3) is 4.67. The molecular weight excluding hydrogens is 613 g/mol. The summed E-state index contributed by atoms with van der Waals surface area (Å²) in [5.41, 5.74) is 10.3. The number of hydrogen-bond donors (Lipinski definition) is 0. The SMILES string of the molecule is c1ccc(-c2nc(-c3ccc(-c4cccc(-c5ccc6oc7ccccc7c6c5)c4)cc3)nc(-n3c4ccccc4c4ccccc43)n2)cc1. The van der Waals surface area contributed by atoms with Crippen LogP contribution in [0.5, 0.6) is 0 Å². The number of fused-ring (bicyclic) bond motifs is 6. The highest BCUT2D eigenvalue weighted by atomic mass is 16.3. The maximum absolute atomic E-state index is 6.07. The summed E-state index contributed by atoms with van der Waals surface area (Å²) in [7, 11) is 0. The molecule has 0 aliphatic rings. The molecule has 10 aromatic rings. The molecule has 0 unspecified atom stereocenters. The van der Waals surface area contributed by atoms with Gasteiger partial charge in [-0.25, -0.2) is 4.98 Å². The van der Waals surface area contributed by atoms with Gasteiger partial charge in [-0.1, -0.05) is 133 Å². The lowest BCUT2D eigenvalue weighted by atomic mass is 9.97. The highest BCUT2D eigenvalue weighted by molar-refractivity contribution is 6.09. The van der Waals surface area contributed by atoms with Crippen LogP contribution < -0.4 is 0 Å². The summed E-state index contributed by atoms with van der Waals surface area (Å²) in [6, 6.07) is 58.7. The van der Waals surface area contributed by atoms with Crippen molar-refractivity contribution in [1.29, 1.82) is 0 Å². The fourth-order valence-electron chi connectivity index (χ4n) is 7.04. The molecule has 3 aromatic heterocycles. The van der Waals surface area contributed by atoms with Gasteiger partial charge in [-0.15, -0.1) is 0 Å². The van der Waals surface area contributed by atoms with Gasteiger partial charge in [-0.2, -0.15) is 9.97 Å². The molecule has 0 aliphatic carbocycles. The Morgan fingerprint density at radius 2 is 0.840 bits per heavy atom. The molecule has 0 amide bonds. The van der Waals surface area contributed by atoms with E-state index in [9.17, 15) is 0 Å². The second-order valence-electron chi connectivity index (χ2n) is 12.5. The van der Waals surface area contributed by atoms with Gasteiger partial charge in [0, 0.05) is 32.7 Å². The van der Waals surface area contributed by atoms with E-state index in [1.165, 1.54) is 0 Å². The first-order valence-corrected chi connectivity index (χ1v) is 16.7. The zero-order chi connectivity index (χ0) is 33.0. The number of furan rings is 1. The van der Waals surface area contributed by atoms with Crippen molar-refractivity contribution in [1.82, 2.24) is 19.5 Å². The maximum Gasteiger partial charge on any atom is 0.238 e. The minimum Gasteiger partial charge on any atom is -0.456 e. The molecule has 50 heavy (non-hydrogen) atoms. The van der Waals surface area contributed by atoms with Gasteiger partial charge >= 0.3 is 0 Å². The Balaban J connectivity index is 1.06. The van der Waals surface area contributed by atoms with Crippen LogP contribution in [-0.2, 0) is 0 Å². The molecule has 0 spiro atoms. The van der Waals surface area contributed by atoms with Crippen LogP contribution in [0.25, 0.3) is 94.7 Å². The summed E-state index contributed by atoms with van der Waals surface area (Å²) >= 11 is 0. The minimum absolute atomic E-state index is 0.588. The summed E-state index contributed by atoms with van der Waals surface area (Å²) in [5, 5.41) is 4.58. The molecule has 3 heterocycles. The standard InChI is InChI=1S/C45H28N4O/c1-2-11-30(12-3-1)43-46-44(48-45(47-43)49-39-18-7-4-15-35(39)36-16-5-8-19-40(36)49)31-23-21-29(22-24-31)32-13-10-14-33(27-32)34-25-26-42-38(28-34)37-17-6-9-20-41(37)50-42/h1-28H. The predicted molar refractivity (Wildman–Crippen MR) is 203 cm³/mol. The van der Waals surface area contributed by atoms with E-state index in [2.05, 4.69) is 132 Å². The van der Waals surface area contributed by atoms with Crippen LogP contribution >= 0.6 is 0 Å². The Morgan fingerprint density at radius 3 is 1.56 bits per heavy atom. The molecule has 0 N–H and O–H groups in total. The lowest BCUT2D eigenvalue weighted by Gasteiger charge is -2.11. The summed E-state index contributed by atoms with van der Waals surface area (Å²) in [6.07, 6.45) is 0. The van der Waals surface area contributed by atoms with Crippen molar-refractivity contribution in [2.45, 2.75) is 0 Å². The van der Waals surface area contributed by atoms with Crippen molar-refractivity contribution in [3.63, 3.8) is 0 Å². The van der Waals surface area contributed by atoms with Crippen molar-refractivity contribution in [3.8, 4) is 51.0 Å². The van der Waals surface area contributed by atoms with E-state index in [1.54, 1.807) is 0 Å². The zero-order valence-corrected chi connectivity index (χ0v) is 26.9. The van der Waals surface area contributed by atoms with Crippen LogP contribution in [0.1, 0.15) is 0 Å². The average Bonchev–Trinajstić information content (AvgIpc) is 3.74. The summed E-state index contributed by atoms with van der Waals surface area (Å²) in [6.45, 7) is 0. The van der Waals surface area contributed by atoms with Gasteiger partial charge in [-0.05, 0) is 58.7 Å². The predicted octanol–water partition coefficient (Wildman–Crippen LogP) is 11.5. The minimum atomic E-state index is 0.588. The molecule has 0 saturated carbocycles. The smallest absolute Gasteiger partial charge is 0.238 e. The number of benzene rings is 7. The quantitative estimate of drug-likeness (QED) is 0.188. The first kappa shape index (κ1) is 28.2. The van der Waals surface area contributed by atoms with Gasteiger partial charge in [0.1, 0.15) is 11.2 Å². The van der Waals surface area contributed by atoms with Crippen molar-refractivity contribution in [2.75, 3.05) is 0 Å². The molecule has 0 bridgehead atoms. The highest BCUT2D eigenvalue weighted by Crippen LogP contribution is 2.35. The largest absolute Gasteiger partial charge is 0.456 e. The monoisotopic (exact) mass is 640 g/mol. The number of aromatic nitrogens is 4. The van der Waals surface area contributed by atoms with Crippen LogP contribution in [0.2, 0.25) is 0 Å². The molecule has 0 aliphatic heterocycles. The molecule has 0 radical (unpaired) electrons. The van der Waals surface area contributed by atoms with Gasteiger partial charge in [0.25, 0.3) is 0 Å².